The van der Waals surface area contributed by atoms with E-state index in [4.69, 9.17) is 34.8 Å². The molecule has 0 aliphatic heterocycles. The Kier molecular flexibility index (Phi) is 10.2. The van der Waals surface area contributed by atoms with Crippen molar-refractivity contribution in [2.75, 3.05) is 0 Å². The minimum absolute atomic E-state index is 0. The summed E-state index contributed by atoms with van der Waals surface area (Å²) in [6.45, 7) is 0. The van der Waals surface area contributed by atoms with E-state index in [-0.39, 0.29) is 74.2 Å². The topological polar surface area (TPSA) is 69.2 Å². The summed E-state index contributed by atoms with van der Waals surface area (Å²) >= 11 is 16.5. The van der Waals surface area contributed by atoms with Crippen LogP contribution in [-0.4, -0.2) is 0 Å². The summed E-state index contributed by atoms with van der Waals surface area (Å²) in [5.41, 5.74) is 0. The van der Waals surface area contributed by atoms with Crippen molar-refractivity contribution in [2.45, 2.75) is 0 Å². The van der Waals surface area contributed by atoms with Gasteiger partial charge in [0, 0.05) is 0 Å². The Bertz CT molecular complexity index is 345. The quantitative estimate of drug-likeness (QED) is 0.295. The molecule has 0 radical (unpaired) electrons. The van der Waals surface area contributed by atoms with Gasteiger partial charge in [0.25, 0.3) is 0 Å². The van der Waals surface area contributed by atoms with Crippen LogP contribution in [0.1, 0.15) is 0 Å². The van der Waals surface area contributed by atoms with Crippen molar-refractivity contribution >= 4 is 48.1 Å². The zero-order valence-electron chi connectivity index (χ0n) is 7.96. The molecule has 1 aromatic rings. The van der Waals surface area contributed by atoms with E-state index in [2.05, 4.69) is 0 Å². The molecule has 72 valence electrons. The molecule has 9 heteroatoms. The second-order valence-electron chi connectivity index (χ2n) is 2.19. The molecular formula is C6H2Cl3Na2O3P. The number of hydrogen-bond acceptors (Lipinski definition) is 3. The van der Waals surface area contributed by atoms with Crippen LogP contribution in [0.4, 0.5) is 0 Å². The van der Waals surface area contributed by atoms with Crippen molar-refractivity contribution in [1.82, 2.24) is 0 Å². The van der Waals surface area contributed by atoms with Crippen LogP contribution < -0.4 is 79.1 Å². The van der Waals surface area contributed by atoms with Crippen LogP contribution in [0, 0.1) is 0 Å². The Balaban J connectivity index is 0. The van der Waals surface area contributed by atoms with E-state index in [1.807, 2.05) is 0 Å². The van der Waals surface area contributed by atoms with E-state index < -0.39 is 13.2 Å². The van der Waals surface area contributed by atoms with Gasteiger partial charge in [-0.05, 0) is 12.1 Å². The van der Waals surface area contributed by atoms with Crippen LogP contribution >= 0.6 is 42.7 Å². The SMILES string of the molecule is [Na+].[Na+].[O-][P+]([O-])([O-])c1ccc(Cl)c(Cl)c1Cl. The average molecular weight is 305 g/mol. The smallest absolute Gasteiger partial charge is 0.683 e. The van der Waals surface area contributed by atoms with Crippen LogP contribution in [0.15, 0.2) is 12.1 Å². The molecule has 0 saturated carbocycles. The monoisotopic (exact) mass is 304 g/mol. The van der Waals surface area contributed by atoms with Crippen LogP contribution in [0.2, 0.25) is 15.1 Å². The van der Waals surface area contributed by atoms with E-state index in [9.17, 15) is 14.7 Å². The van der Waals surface area contributed by atoms with Crippen molar-refractivity contribution in [3.8, 4) is 0 Å². The second kappa shape index (κ2) is 7.75. The summed E-state index contributed by atoms with van der Waals surface area (Å²) in [6, 6.07) is 2.23. The van der Waals surface area contributed by atoms with Crippen molar-refractivity contribution < 1.29 is 73.8 Å². The van der Waals surface area contributed by atoms with Gasteiger partial charge in [-0.25, -0.2) is 0 Å². The molecule has 0 atom stereocenters. The normalized spacial score (nSPS) is 10.3. The summed E-state index contributed by atoms with van der Waals surface area (Å²) < 4.78 is 0. The van der Waals surface area contributed by atoms with Gasteiger partial charge in [0.2, 0.25) is 0 Å². The van der Waals surface area contributed by atoms with E-state index in [1.165, 1.54) is 6.07 Å². The molecule has 0 unspecified atom stereocenters. The molecule has 0 aliphatic rings. The molecule has 1 rings (SSSR count). The van der Waals surface area contributed by atoms with E-state index >= 15 is 0 Å². The van der Waals surface area contributed by atoms with Crippen LogP contribution in [-0.2, 0) is 0 Å². The predicted octanol–water partition coefficient (Wildman–Crippen LogP) is -5.88. The fraction of sp³-hybridized carbons (Fsp3) is 0. The largest absolute Gasteiger partial charge is 1.00 e. The molecule has 0 amide bonds. The Morgan fingerprint density at radius 1 is 0.867 bits per heavy atom. The maximum Gasteiger partial charge on any atom is 1.00 e. The molecule has 0 N–H and O–H groups in total. The average Bonchev–Trinajstić information content (AvgIpc) is 1.98. The first-order valence-electron chi connectivity index (χ1n) is 3.00. The van der Waals surface area contributed by atoms with Gasteiger partial charge in [-0.2, -0.15) is 0 Å². The van der Waals surface area contributed by atoms with Crippen molar-refractivity contribution in [1.29, 1.82) is 0 Å². The Morgan fingerprint density at radius 3 is 1.73 bits per heavy atom. The summed E-state index contributed by atoms with van der Waals surface area (Å²) in [5.74, 6) is 0. The minimum Gasteiger partial charge on any atom is -0.683 e. The van der Waals surface area contributed by atoms with Gasteiger partial charge < -0.3 is 14.7 Å². The molecule has 0 spiro atoms. The van der Waals surface area contributed by atoms with E-state index in [1.54, 1.807) is 0 Å². The molecule has 1 aromatic carbocycles. The first kappa shape index (κ1) is 19.7. The van der Waals surface area contributed by atoms with Crippen molar-refractivity contribution in [3.63, 3.8) is 0 Å². The molecule has 0 heterocycles. The zero-order valence-corrected chi connectivity index (χ0v) is 15.1. The Hall–Kier alpha value is 2.40. The van der Waals surface area contributed by atoms with Gasteiger partial charge in [-0.3, -0.25) is 0 Å². The van der Waals surface area contributed by atoms with Crippen molar-refractivity contribution in [3.05, 3.63) is 27.2 Å². The molecule has 0 aromatic heterocycles. The third-order valence-electron chi connectivity index (χ3n) is 1.31. The van der Waals surface area contributed by atoms with Gasteiger partial charge in [-0.1, -0.05) is 34.8 Å². The molecule has 0 fully saturated rings. The number of halogens is 3. The molecular weight excluding hydrogens is 303 g/mol. The number of hydrogen-bond donors (Lipinski definition) is 0. The van der Waals surface area contributed by atoms with Crippen LogP contribution in [0.3, 0.4) is 0 Å². The number of rotatable bonds is 1. The molecule has 0 bridgehead atoms. The fourth-order valence-corrected chi connectivity index (χ4v) is 2.25. The third-order valence-corrected chi connectivity index (χ3v) is 3.70. The van der Waals surface area contributed by atoms with Gasteiger partial charge >= 0.3 is 59.1 Å². The van der Waals surface area contributed by atoms with Gasteiger partial charge in [0.05, 0.1) is 15.3 Å². The summed E-state index contributed by atoms with van der Waals surface area (Å²) in [4.78, 5) is 31.8. The van der Waals surface area contributed by atoms with E-state index in [0.717, 1.165) is 6.07 Å². The van der Waals surface area contributed by atoms with Gasteiger partial charge in [0.1, 0.15) is 5.02 Å². The summed E-state index contributed by atoms with van der Waals surface area (Å²) in [7, 11) is -4.88. The predicted molar refractivity (Wildman–Crippen MR) is 48.0 cm³/mol. The molecule has 0 saturated heterocycles. The zero-order chi connectivity index (χ0) is 10.2. The first-order valence-corrected chi connectivity index (χ1v) is 5.68. The van der Waals surface area contributed by atoms with Crippen LogP contribution in [0.5, 0.6) is 0 Å². The first-order chi connectivity index (χ1) is 5.84. The Morgan fingerprint density at radius 2 is 1.33 bits per heavy atom. The third kappa shape index (κ3) is 5.27. The fourth-order valence-electron chi connectivity index (χ4n) is 0.727. The summed E-state index contributed by atoms with van der Waals surface area (Å²) in [6.07, 6.45) is 0. The molecule has 0 aliphatic carbocycles. The van der Waals surface area contributed by atoms with Gasteiger partial charge in [0.15, 0.2) is 0 Å². The maximum atomic E-state index is 10.6. The number of benzene rings is 1. The maximum absolute atomic E-state index is 10.6. The molecule has 15 heavy (non-hydrogen) atoms. The van der Waals surface area contributed by atoms with E-state index in [0.29, 0.717) is 0 Å². The van der Waals surface area contributed by atoms with Gasteiger partial charge in [-0.15, -0.1) is 7.94 Å². The summed E-state index contributed by atoms with van der Waals surface area (Å²) in [5, 5.41) is -0.900. The standard InChI is InChI=1S/C6H4Cl3O3P.2Na/c7-3-1-2-4(13(10,11)12)6(9)5(3)8;;/h1-2H,(H2,10,11,12);;/q;2*+1/p-2. The minimum atomic E-state index is -4.88. The van der Waals surface area contributed by atoms with Crippen molar-refractivity contribution in [2.24, 2.45) is 0 Å². The second-order valence-corrected chi connectivity index (χ2v) is 4.83. The van der Waals surface area contributed by atoms with Crippen LogP contribution in [0.25, 0.3) is 0 Å². The molecule has 3 nitrogen and oxygen atoms in total. The Labute approximate surface area is 147 Å².